The Bertz CT molecular complexity index is 723. The van der Waals surface area contributed by atoms with Crippen molar-refractivity contribution in [2.24, 2.45) is 11.7 Å². The number of hydrogen-bond donors (Lipinski definition) is 1. The molecule has 7 heteroatoms. The Balaban J connectivity index is 2.27. The molecule has 0 fully saturated rings. The van der Waals surface area contributed by atoms with Crippen molar-refractivity contribution < 1.29 is 12.8 Å². The monoisotopic (exact) mass is 309 g/mol. The van der Waals surface area contributed by atoms with Crippen molar-refractivity contribution >= 4 is 9.84 Å². The third-order valence-electron chi connectivity index (χ3n) is 3.30. The zero-order valence-electron chi connectivity index (χ0n) is 12.3. The molecule has 0 aliphatic rings. The minimum Gasteiger partial charge on any atom is -0.411 e. The summed E-state index contributed by atoms with van der Waals surface area (Å²) in [6.45, 7) is 5.66. The van der Waals surface area contributed by atoms with Gasteiger partial charge in [0.1, 0.15) is 0 Å². The number of benzene rings is 1. The smallest absolute Gasteiger partial charge is 0.335 e. The molecule has 0 radical (unpaired) electrons. The molecule has 2 N–H and O–H groups in total. The highest BCUT2D eigenvalue weighted by Crippen LogP contribution is 2.22. The highest BCUT2D eigenvalue weighted by molar-refractivity contribution is 7.90. The van der Waals surface area contributed by atoms with Gasteiger partial charge in [0.2, 0.25) is 15.7 Å². The van der Waals surface area contributed by atoms with Crippen LogP contribution in [0.25, 0.3) is 0 Å². The van der Waals surface area contributed by atoms with E-state index >= 15 is 0 Å². The molecule has 0 spiro atoms. The van der Waals surface area contributed by atoms with Gasteiger partial charge in [-0.1, -0.05) is 43.2 Å². The molecule has 0 aliphatic heterocycles. The second kappa shape index (κ2) is 5.95. The Kier molecular flexibility index (Phi) is 4.43. The molecule has 1 aromatic carbocycles. The molecule has 114 valence electrons. The van der Waals surface area contributed by atoms with Crippen LogP contribution in [0, 0.1) is 12.8 Å². The van der Waals surface area contributed by atoms with Crippen molar-refractivity contribution in [2.45, 2.75) is 37.8 Å². The largest absolute Gasteiger partial charge is 0.411 e. The second-order valence-corrected chi connectivity index (χ2v) is 7.23. The van der Waals surface area contributed by atoms with Crippen molar-refractivity contribution in [3.63, 3.8) is 0 Å². The van der Waals surface area contributed by atoms with Crippen LogP contribution in [0.4, 0.5) is 0 Å². The first-order valence-electron chi connectivity index (χ1n) is 6.67. The van der Waals surface area contributed by atoms with Crippen molar-refractivity contribution in [1.82, 2.24) is 10.2 Å². The molecule has 0 saturated heterocycles. The van der Waals surface area contributed by atoms with Crippen LogP contribution in [-0.2, 0) is 15.6 Å². The molecule has 0 bridgehead atoms. The normalized spacial score (nSPS) is 13.6. The van der Waals surface area contributed by atoms with E-state index in [4.69, 9.17) is 10.2 Å². The average Bonchev–Trinajstić information content (AvgIpc) is 2.90. The van der Waals surface area contributed by atoms with Crippen molar-refractivity contribution in [1.29, 1.82) is 0 Å². The maximum atomic E-state index is 12.3. The lowest BCUT2D eigenvalue weighted by molar-refractivity contribution is 0.341. The van der Waals surface area contributed by atoms with E-state index in [0.29, 0.717) is 5.56 Å². The topological polar surface area (TPSA) is 99.1 Å². The molecule has 0 saturated carbocycles. The summed E-state index contributed by atoms with van der Waals surface area (Å²) in [6, 6.07) is 6.81. The first-order valence-corrected chi connectivity index (χ1v) is 8.32. The van der Waals surface area contributed by atoms with Gasteiger partial charge in [-0.3, -0.25) is 0 Å². The molecule has 2 rings (SSSR count). The van der Waals surface area contributed by atoms with Gasteiger partial charge in [-0.05, 0) is 24.0 Å². The maximum Gasteiger partial charge on any atom is 0.335 e. The average molecular weight is 309 g/mol. The van der Waals surface area contributed by atoms with E-state index in [1.807, 2.05) is 32.9 Å². The predicted octanol–water partition coefficient (Wildman–Crippen LogP) is 2.01. The van der Waals surface area contributed by atoms with E-state index < -0.39 is 15.9 Å². The summed E-state index contributed by atoms with van der Waals surface area (Å²) in [4.78, 5) is 0. The van der Waals surface area contributed by atoms with Gasteiger partial charge in [0, 0.05) is 0 Å². The second-order valence-electron chi connectivity index (χ2n) is 5.36. The molecule has 21 heavy (non-hydrogen) atoms. The summed E-state index contributed by atoms with van der Waals surface area (Å²) < 4.78 is 29.9. The number of nitrogens with zero attached hydrogens (tertiary/aromatic N) is 2. The van der Waals surface area contributed by atoms with Crippen LogP contribution >= 0.6 is 0 Å². The molecule has 0 amide bonds. The third-order valence-corrected chi connectivity index (χ3v) is 4.69. The lowest BCUT2D eigenvalue weighted by atomic mass is 10.1. The van der Waals surface area contributed by atoms with Gasteiger partial charge in [-0.2, -0.15) is 0 Å². The minimum atomic E-state index is -3.67. The van der Waals surface area contributed by atoms with Crippen molar-refractivity contribution in [2.75, 3.05) is 0 Å². The quantitative estimate of drug-likeness (QED) is 0.907. The predicted molar refractivity (Wildman–Crippen MR) is 78.1 cm³/mol. The molecular weight excluding hydrogens is 290 g/mol. The molecule has 1 aromatic heterocycles. The van der Waals surface area contributed by atoms with Gasteiger partial charge in [0.15, 0.2) is 0 Å². The van der Waals surface area contributed by atoms with E-state index in [-0.39, 0.29) is 22.8 Å². The fraction of sp³-hybridized carbons (Fsp3) is 0.429. The number of sulfone groups is 1. The highest BCUT2D eigenvalue weighted by Gasteiger charge is 2.26. The molecule has 0 aliphatic carbocycles. The first kappa shape index (κ1) is 15.7. The number of rotatable bonds is 5. The Labute approximate surface area is 124 Å². The van der Waals surface area contributed by atoms with E-state index in [0.717, 1.165) is 5.56 Å². The molecule has 1 unspecified atom stereocenters. The minimum absolute atomic E-state index is 0.0809. The number of aryl methyl sites for hydroxylation is 1. The SMILES string of the molecule is Cc1ccccc1CS(=O)(=O)c1nnc(C(N)C(C)C)o1. The van der Waals surface area contributed by atoms with Crippen molar-refractivity contribution in [3.05, 3.63) is 41.3 Å². The Morgan fingerprint density at radius 2 is 1.90 bits per heavy atom. The lowest BCUT2D eigenvalue weighted by Crippen LogP contribution is -2.17. The van der Waals surface area contributed by atoms with E-state index in [2.05, 4.69) is 10.2 Å². The first-order chi connectivity index (χ1) is 9.81. The van der Waals surface area contributed by atoms with Crippen LogP contribution in [0.5, 0.6) is 0 Å². The Morgan fingerprint density at radius 3 is 2.52 bits per heavy atom. The zero-order chi connectivity index (χ0) is 15.6. The van der Waals surface area contributed by atoms with Gasteiger partial charge in [0.25, 0.3) is 0 Å². The molecule has 1 atom stereocenters. The highest BCUT2D eigenvalue weighted by atomic mass is 32.2. The number of nitrogens with two attached hydrogens (primary N) is 1. The van der Waals surface area contributed by atoms with Crippen LogP contribution in [0.1, 0.15) is 36.9 Å². The van der Waals surface area contributed by atoms with E-state index in [1.165, 1.54) is 0 Å². The molecule has 2 aromatic rings. The van der Waals surface area contributed by atoms with Gasteiger partial charge in [-0.25, -0.2) is 8.42 Å². The summed E-state index contributed by atoms with van der Waals surface area (Å²) in [7, 11) is -3.67. The van der Waals surface area contributed by atoms with Crippen LogP contribution in [0.3, 0.4) is 0 Å². The lowest BCUT2D eigenvalue weighted by Gasteiger charge is -2.09. The number of hydrogen-bond acceptors (Lipinski definition) is 6. The number of aromatic nitrogens is 2. The van der Waals surface area contributed by atoms with Gasteiger partial charge < -0.3 is 10.2 Å². The Hall–Kier alpha value is -1.73. The summed E-state index contributed by atoms with van der Waals surface area (Å²) >= 11 is 0. The van der Waals surface area contributed by atoms with Gasteiger partial charge in [-0.15, -0.1) is 5.10 Å². The van der Waals surface area contributed by atoms with Crippen LogP contribution in [-0.4, -0.2) is 18.6 Å². The summed E-state index contributed by atoms with van der Waals surface area (Å²) in [5.41, 5.74) is 7.50. The van der Waals surface area contributed by atoms with Gasteiger partial charge in [0.05, 0.1) is 11.8 Å². The van der Waals surface area contributed by atoms with E-state index in [1.54, 1.807) is 12.1 Å². The van der Waals surface area contributed by atoms with Gasteiger partial charge >= 0.3 is 5.22 Å². The molecule has 1 heterocycles. The molecular formula is C14H19N3O3S. The fourth-order valence-corrected chi connectivity index (χ4v) is 3.04. The van der Waals surface area contributed by atoms with E-state index in [9.17, 15) is 8.42 Å². The third kappa shape index (κ3) is 3.48. The Morgan fingerprint density at radius 1 is 1.24 bits per heavy atom. The standard InChI is InChI=1S/C14H19N3O3S/c1-9(2)12(15)13-16-17-14(20-13)21(18,19)8-11-7-5-4-6-10(11)3/h4-7,9,12H,8,15H2,1-3H3. The van der Waals surface area contributed by atoms with Crippen LogP contribution < -0.4 is 5.73 Å². The van der Waals surface area contributed by atoms with Crippen molar-refractivity contribution in [3.8, 4) is 0 Å². The fourth-order valence-electron chi connectivity index (χ4n) is 1.80. The zero-order valence-corrected chi connectivity index (χ0v) is 13.1. The summed E-state index contributed by atoms with van der Waals surface area (Å²) in [5, 5.41) is 7.00. The molecule has 6 nitrogen and oxygen atoms in total. The summed E-state index contributed by atoms with van der Waals surface area (Å²) in [6.07, 6.45) is 0. The maximum absolute atomic E-state index is 12.3. The summed E-state index contributed by atoms with van der Waals surface area (Å²) in [5.74, 6) is 0.0591. The van der Waals surface area contributed by atoms with Crippen LogP contribution in [0.2, 0.25) is 0 Å². The van der Waals surface area contributed by atoms with Crippen LogP contribution in [0.15, 0.2) is 33.9 Å².